The van der Waals surface area contributed by atoms with Crippen molar-refractivity contribution in [1.29, 1.82) is 0 Å². The van der Waals surface area contributed by atoms with E-state index in [2.05, 4.69) is 69.0 Å². The average Bonchev–Trinajstić information content (AvgIpc) is 2.99. The molecular formula is C30H25Br4N5O7. The Morgan fingerprint density at radius 1 is 0.674 bits per heavy atom. The van der Waals surface area contributed by atoms with Crippen LogP contribution >= 0.6 is 63.7 Å². The molecule has 0 aliphatic carbocycles. The zero-order valence-electron chi connectivity index (χ0n) is 23.7. The molecule has 1 amide bonds. The number of nitrogen functional groups attached to an aromatic ring is 4. The highest BCUT2D eigenvalue weighted by Gasteiger charge is 2.23. The van der Waals surface area contributed by atoms with E-state index in [0.717, 1.165) is 0 Å². The van der Waals surface area contributed by atoms with Gasteiger partial charge in [0.05, 0.1) is 40.6 Å². The van der Waals surface area contributed by atoms with Crippen LogP contribution in [-0.4, -0.2) is 30.5 Å². The summed E-state index contributed by atoms with van der Waals surface area (Å²) in [5, 5.41) is 2.50. The van der Waals surface area contributed by atoms with Gasteiger partial charge in [-0.25, -0.2) is 9.59 Å². The monoisotopic (exact) mass is 883 g/mol. The van der Waals surface area contributed by atoms with Gasteiger partial charge in [0.1, 0.15) is 23.3 Å². The molecule has 9 N–H and O–H groups in total. The van der Waals surface area contributed by atoms with Crippen molar-refractivity contribution in [1.82, 2.24) is 5.32 Å². The molecular weight excluding hydrogens is 862 g/mol. The van der Waals surface area contributed by atoms with E-state index in [1.165, 1.54) is 19.1 Å². The first-order valence-electron chi connectivity index (χ1n) is 13.0. The number of esters is 2. The molecule has 0 saturated heterocycles. The topological polar surface area (TPSA) is 204 Å². The van der Waals surface area contributed by atoms with Crippen LogP contribution in [-0.2, 0) is 14.3 Å². The number of rotatable bonds is 10. The summed E-state index contributed by atoms with van der Waals surface area (Å²) in [5.41, 5.74) is 24.9. The molecule has 4 aromatic rings. The second kappa shape index (κ2) is 15.1. The van der Waals surface area contributed by atoms with E-state index in [9.17, 15) is 14.4 Å². The zero-order chi connectivity index (χ0) is 33.7. The van der Waals surface area contributed by atoms with E-state index < -0.39 is 30.5 Å². The molecule has 0 heterocycles. The molecule has 16 heteroatoms. The molecule has 0 aliphatic heterocycles. The lowest BCUT2D eigenvalue weighted by molar-refractivity contribution is -0.162. The van der Waals surface area contributed by atoms with E-state index in [4.69, 9.17) is 41.9 Å². The molecule has 0 radical (unpaired) electrons. The number of anilines is 4. The summed E-state index contributed by atoms with van der Waals surface area (Å²) in [6.07, 6.45) is 0. The Morgan fingerprint density at radius 2 is 1.13 bits per heavy atom. The fraction of sp³-hybridized carbons (Fsp3) is 0.100. The third kappa shape index (κ3) is 8.84. The number of hydrogen-bond acceptors (Lipinski definition) is 11. The van der Waals surface area contributed by atoms with E-state index in [0.29, 0.717) is 63.6 Å². The fourth-order valence-electron chi connectivity index (χ4n) is 3.69. The Kier molecular flexibility index (Phi) is 11.4. The van der Waals surface area contributed by atoms with Crippen LogP contribution in [0.5, 0.6) is 28.7 Å². The van der Waals surface area contributed by atoms with Crippen molar-refractivity contribution in [2.75, 3.05) is 29.5 Å². The number of carbonyl (C=O) groups is 3. The Labute approximate surface area is 296 Å². The number of hydrogen-bond donors (Lipinski definition) is 5. The third-order valence-corrected chi connectivity index (χ3v) is 8.42. The van der Waals surface area contributed by atoms with Crippen molar-refractivity contribution in [3.63, 3.8) is 0 Å². The summed E-state index contributed by atoms with van der Waals surface area (Å²) >= 11 is 13.6. The number of amides is 1. The quantitative estimate of drug-likeness (QED) is 0.0629. The highest BCUT2D eigenvalue weighted by molar-refractivity contribution is 9.11. The predicted molar refractivity (Wildman–Crippen MR) is 188 cm³/mol. The molecule has 1 atom stereocenters. The minimum Gasteiger partial charge on any atom is -0.482 e. The maximum Gasteiger partial charge on any atom is 0.351 e. The lowest BCUT2D eigenvalue weighted by Crippen LogP contribution is -2.40. The second-order valence-electron chi connectivity index (χ2n) is 9.55. The largest absolute Gasteiger partial charge is 0.482 e. The minimum absolute atomic E-state index is 0.195. The number of nitrogens with one attached hydrogen (secondary N) is 1. The summed E-state index contributed by atoms with van der Waals surface area (Å²) in [6, 6.07) is 14.7. The van der Waals surface area contributed by atoms with Crippen LogP contribution in [0.2, 0.25) is 0 Å². The van der Waals surface area contributed by atoms with Crippen molar-refractivity contribution >= 4 is 104 Å². The van der Waals surface area contributed by atoms with Crippen molar-refractivity contribution in [3.8, 4) is 28.7 Å². The molecule has 0 aliphatic rings. The molecule has 0 aromatic heterocycles. The van der Waals surface area contributed by atoms with Crippen molar-refractivity contribution in [3.05, 3.63) is 84.1 Å². The summed E-state index contributed by atoms with van der Waals surface area (Å²) < 4.78 is 24.0. The van der Waals surface area contributed by atoms with Gasteiger partial charge in [-0.05, 0) is 119 Å². The van der Waals surface area contributed by atoms with Crippen molar-refractivity contribution in [2.45, 2.75) is 13.0 Å². The Balaban J connectivity index is 1.30. The number of carbonyl (C=O) groups excluding carboxylic acids is 3. The SMILES string of the molecule is CC(NC(=O)c1cc(Br)c(Oc2ccc(N)c(N)c2)c(Br)c1)C(=O)OC(=O)COc1cc(Br)c(Oc2ccc(N)c(N)c2)c(Br)c1. The van der Waals surface area contributed by atoms with Gasteiger partial charge in [-0.1, -0.05) is 0 Å². The molecule has 4 aromatic carbocycles. The first kappa shape index (κ1) is 34.9. The predicted octanol–water partition coefficient (Wildman–Crippen LogP) is 6.92. The summed E-state index contributed by atoms with van der Waals surface area (Å²) in [7, 11) is 0. The third-order valence-electron chi connectivity index (χ3n) is 6.06. The Hall–Kier alpha value is -3.99. The summed E-state index contributed by atoms with van der Waals surface area (Å²) in [6.45, 7) is 0.796. The summed E-state index contributed by atoms with van der Waals surface area (Å²) in [4.78, 5) is 37.8. The molecule has 0 fully saturated rings. The molecule has 240 valence electrons. The van der Waals surface area contributed by atoms with Gasteiger partial charge in [-0.2, -0.15) is 0 Å². The van der Waals surface area contributed by atoms with Gasteiger partial charge in [-0.3, -0.25) is 4.79 Å². The van der Waals surface area contributed by atoms with Crippen LogP contribution in [0, 0.1) is 0 Å². The van der Waals surface area contributed by atoms with E-state index in [1.807, 2.05) is 0 Å². The van der Waals surface area contributed by atoms with Crippen LogP contribution in [0.1, 0.15) is 17.3 Å². The Bertz CT molecular complexity index is 1790. The number of ether oxygens (including phenoxy) is 4. The van der Waals surface area contributed by atoms with Gasteiger partial charge in [0.2, 0.25) is 0 Å². The summed E-state index contributed by atoms with van der Waals surface area (Å²) in [5.74, 6) is -0.576. The molecule has 1 unspecified atom stereocenters. The van der Waals surface area contributed by atoms with E-state index >= 15 is 0 Å². The van der Waals surface area contributed by atoms with Crippen LogP contribution < -0.4 is 42.5 Å². The maximum atomic E-state index is 12.9. The van der Waals surface area contributed by atoms with E-state index in [-0.39, 0.29) is 11.3 Å². The van der Waals surface area contributed by atoms with Crippen molar-refractivity contribution < 1.29 is 33.3 Å². The van der Waals surface area contributed by atoms with Gasteiger partial charge in [0, 0.05) is 17.7 Å². The van der Waals surface area contributed by atoms with Crippen LogP contribution in [0.3, 0.4) is 0 Å². The molecule has 46 heavy (non-hydrogen) atoms. The number of nitrogens with two attached hydrogens (primary N) is 4. The van der Waals surface area contributed by atoms with Crippen LogP contribution in [0.25, 0.3) is 0 Å². The van der Waals surface area contributed by atoms with E-state index in [1.54, 1.807) is 48.5 Å². The zero-order valence-corrected chi connectivity index (χ0v) is 30.1. The standard InChI is InChI=1S/C30H25Br4N5O7/c1-13(39-29(41)14-6-18(31)27(19(32)7-14)44-15-2-4-22(35)24(37)10-15)30(42)46-26(40)12-43-17-8-20(33)28(21(34)9-17)45-16-3-5-23(36)25(38)11-16/h2-11,13H,12,35-38H2,1H3,(H,39,41). The highest BCUT2D eigenvalue weighted by Crippen LogP contribution is 2.41. The lowest BCUT2D eigenvalue weighted by atomic mass is 10.2. The highest BCUT2D eigenvalue weighted by atomic mass is 79.9. The average molecular weight is 887 g/mol. The van der Waals surface area contributed by atoms with Gasteiger partial charge >= 0.3 is 11.9 Å². The number of benzene rings is 4. The van der Waals surface area contributed by atoms with Crippen LogP contribution in [0.4, 0.5) is 22.7 Å². The minimum atomic E-state index is -1.16. The first-order valence-corrected chi connectivity index (χ1v) is 16.2. The maximum absolute atomic E-state index is 12.9. The van der Waals surface area contributed by atoms with Gasteiger partial charge in [0.15, 0.2) is 18.1 Å². The first-order chi connectivity index (χ1) is 21.7. The van der Waals surface area contributed by atoms with Gasteiger partial charge < -0.3 is 47.2 Å². The lowest BCUT2D eigenvalue weighted by Gasteiger charge is -2.15. The van der Waals surface area contributed by atoms with Crippen LogP contribution in [0.15, 0.2) is 78.6 Å². The number of halogens is 4. The molecule has 0 bridgehead atoms. The molecule has 12 nitrogen and oxygen atoms in total. The van der Waals surface area contributed by atoms with Gasteiger partial charge in [-0.15, -0.1) is 0 Å². The second-order valence-corrected chi connectivity index (χ2v) is 13.0. The normalized spacial score (nSPS) is 11.3. The molecule has 0 spiro atoms. The van der Waals surface area contributed by atoms with Gasteiger partial charge in [0.25, 0.3) is 5.91 Å². The fourth-order valence-corrected chi connectivity index (χ4v) is 6.34. The Morgan fingerprint density at radius 3 is 1.59 bits per heavy atom. The molecule has 0 saturated carbocycles. The van der Waals surface area contributed by atoms with Crippen molar-refractivity contribution in [2.24, 2.45) is 0 Å². The molecule has 4 rings (SSSR count). The smallest absolute Gasteiger partial charge is 0.351 e.